The Balaban J connectivity index is 1.87. The van der Waals surface area contributed by atoms with E-state index in [2.05, 4.69) is 20.1 Å². The van der Waals surface area contributed by atoms with Crippen molar-refractivity contribution in [2.45, 2.75) is 51.1 Å². The van der Waals surface area contributed by atoms with Crippen molar-refractivity contribution in [3.05, 3.63) is 11.6 Å². The predicted octanol–water partition coefficient (Wildman–Crippen LogP) is 1.65. The monoisotopic (exact) mass is 263 g/mol. The number of hydrogen-bond acceptors (Lipinski definition) is 3. The van der Waals surface area contributed by atoms with Gasteiger partial charge in [-0.15, -0.1) is 10.2 Å². The van der Waals surface area contributed by atoms with Gasteiger partial charge in [0.05, 0.1) is 6.04 Å². The standard InChI is InChI=1S/C13H21N5O/c1-9-11-15-16-12(10-5-3-4-6-10)18(11)8-7-17(9)13(19)14-2/h9-10H,3-8H2,1-2H3,(H,14,19). The Kier molecular flexibility index (Phi) is 3.16. The highest BCUT2D eigenvalue weighted by molar-refractivity contribution is 5.74. The summed E-state index contributed by atoms with van der Waals surface area (Å²) in [5, 5.41) is 11.4. The Labute approximate surface area is 113 Å². The van der Waals surface area contributed by atoms with E-state index in [9.17, 15) is 4.79 Å². The highest BCUT2D eigenvalue weighted by Crippen LogP contribution is 2.35. The average Bonchev–Trinajstić information content (AvgIpc) is 3.06. The molecule has 3 rings (SSSR count). The fourth-order valence-electron chi connectivity index (χ4n) is 3.31. The topological polar surface area (TPSA) is 63.1 Å². The van der Waals surface area contributed by atoms with Gasteiger partial charge < -0.3 is 14.8 Å². The van der Waals surface area contributed by atoms with Crippen LogP contribution in [0.2, 0.25) is 0 Å². The number of carbonyl (C=O) groups is 1. The van der Waals surface area contributed by atoms with Gasteiger partial charge in [-0.3, -0.25) is 0 Å². The van der Waals surface area contributed by atoms with Gasteiger partial charge in [-0.1, -0.05) is 12.8 Å². The first-order valence-corrected chi connectivity index (χ1v) is 7.13. The minimum atomic E-state index is -0.0378. The maximum absolute atomic E-state index is 11.8. The van der Waals surface area contributed by atoms with Crippen LogP contribution in [0.3, 0.4) is 0 Å². The second-order valence-electron chi connectivity index (χ2n) is 5.47. The maximum Gasteiger partial charge on any atom is 0.317 e. The Hall–Kier alpha value is -1.59. The molecule has 6 heteroatoms. The quantitative estimate of drug-likeness (QED) is 0.838. The molecule has 104 valence electrons. The number of urea groups is 1. The lowest BCUT2D eigenvalue weighted by Gasteiger charge is -2.33. The molecule has 0 radical (unpaired) electrons. The molecule has 6 nitrogen and oxygen atoms in total. The Bertz CT molecular complexity index is 477. The molecular weight excluding hydrogens is 242 g/mol. The largest absolute Gasteiger partial charge is 0.341 e. The molecule has 0 spiro atoms. The number of rotatable bonds is 1. The zero-order chi connectivity index (χ0) is 13.4. The third-order valence-corrected chi connectivity index (χ3v) is 4.41. The molecule has 19 heavy (non-hydrogen) atoms. The first-order chi connectivity index (χ1) is 9.22. The third-order valence-electron chi connectivity index (χ3n) is 4.41. The summed E-state index contributed by atoms with van der Waals surface area (Å²) in [6, 6.07) is -0.0412. The van der Waals surface area contributed by atoms with Gasteiger partial charge >= 0.3 is 6.03 Å². The molecule has 1 aliphatic heterocycles. The summed E-state index contributed by atoms with van der Waals surface area (Å²) in [4.78, 5) is 13.6. The van der Waals surface area contributed by atoms with E-state index in [-0.39, 0.29) is 12.1 Å². The lowest BCUT2D eigenvalue weighted by molar-refractivity contribution is 0.161. The number of fused-ring (bicyclic) bond motifs is 1. The van der Waals surface area contributed by atoms with Crippen LogP contribution in [0.15, 0.2) is 0 Å². The first kappa shape index (κ1) is 12.4. The number of nitrogens with one attached hydrogen (secondary N) is 1. The van der Waals surface area contributed by atoms with Crippen molar-refractivity contribution in [1.82, 2.24) is 25.0 Å². The summed E-state index contributed by atoms with van der Waals surface area (Å²) in [5.41, 5.74) is 0. The molecular formula is C13H21N5O. The highest BCUT2D eigenvalue weighted by atomic mass is 16.2. The van der Waals surface area contributed by atoms with Crippen LogP contribution < -0.4 is 5.32 Å². The van der Waals surface area contributed by atoms with E-state index in [0.29, 0.717) is 5.92 Å². The molecule has 0 aromatic carbocycles. The normalized spacial score (nSPS) is 23.5. The molecule has 2 aliphatic rings. The van der Waals surface area contributed by atoms with Crippen LogP contribution in [0.4, 0.5) is 4.79 Å². The van der Waals surface area contributed by atoms with E-state index < -0.39 is 0 Å². The average molecular weight is 263 g/mol. The van der Waals surface area contributed by atoms with Crippen molar-refractivity contribution < 1.29 is 4.79 Å². The predicted molar refractivity (Wildman–Crippen MR) is 70.8 cm³/mol. The zero-order valence-electron chi connectivity index (χ0n) is 11.6. The summed E-state index contributed by atoms with van der Waals surface area (Å²) in [5.74, 6) is 2.63. The van der Waals surface area contributed by atoms with Crippen molar-refractivity contribution in [1.29, 1.82) is 0 Å². The van der Waals surface area contributed by atoms with Gasteiger partial charge in [-0.05, 0) is 19.8 Å². The van der Waals surface area contributed by atoms with Gasteiger partial charge in [0.2, 0.25) is 0 Å². The Morgan fingerprint density at radius 3 is 2.58 bits per heavy atom. The van der Waals surface area contributed by atoms with E-state index in [4.69, 9.17) is 0 Å². The van der Waals surface area contributed by atoms with Gasteiger partial charge in [0.1, 0.15) is 5.82 Å². The summed E-state index contributed by atoms with van der Waals surface area (Å²) >= 11 is 0. The molecule has 2 amide bonds. The van der Waals surface area contributed by atoms with E-state index in [0.717, 1.165) is 24.7 Å². The van der Waals surface area contributed by atoms with Crippen LogP contribution in [0, 0.1) is 0 Å². The fraction of sp³-hybridized carbons (Fsp3) is 0.769. The van der Waals surface area contributed by atoms with Crippen molar-refractivity contribution in [3.8, 4) is 0 Å². The van der Waals surface area contributed by atoms with Crippen LogP contribution in [0.25, 0.3) is 0 Å². The first-order valence-electron chi connectivity index (χ1n) is 7.13. The van der Waals surface area contributed by atoms with Crippen molar-refractivity contribution >= 4 is 6.03 Å². The Morgan fingerprint density at radius 2 is 1.89 bits per heavy atom. The molecule has 1 aliphatic carbocycles. The summed E-state index contributed by atoms with van der Waals surface area (Å²) in [6.45, 7) is 3.56. The van der Waals surface area contributed by atoms with Gasteiger partial charge in [0.15, 0.2) is 5.82 Å². The van der Waals surface area contributed by atoms with Crippen LogP contribution in [-0.4, -0.2) is 39.3 Å². The zero-order valence-corrected chi connectivity index (χ0v) is 11.6. The number of aromatic nitrogens is 3. The maximum atomic E-state index is 11.8. The van der Waals surface area contributed by atoms with Crippen molar-refractivity contribution in [3.63, 3.8) is 0 Å². The van der Waals surface area contributed by atoms with Crippen molar-refractivity contribution in [2.24, 2.45) is 0 Å². The molecule has 1 unspecified atom stereocenters. The Morgan fingerprint density at radius 1 is 1.21 bits per heavy atom. The van der Waals surface area contributed by atoms with Crippen LogP contribution in [0.1, 0.15) is 56.2 Å². The van der Waals surface area contributed by atoms with Crippen molar-refractivity contribution in [2.75, 3.05) is 13.6 Å². The SMILES string of the molecule is CNC(=O)N1CCn2c(C3CCCC3)nnc2C1C. The molecule has 1 saturated carbocycles. The van der Waals surface area contributed by atoms with Crippen LogP contribution in [-0.2, 0) is 6.54 Å². The van der Waals surface area contributed by atoms with E-state index in [1.54, 1.807) is 7.05 Å². The second kappa shape index (κ2) is 4.83. The lowest BCUT2D eigenvalue weighted by atomic mass is 10.1. The molecule has 1 aromatic heterocycles. The van der Waals surface area contributed by atoms with E-state index in [1.165, 1.54) is 25.7 Å². The van der Waals surface area contributed by atoms with E-state index in [1.807, 2.05) is 11.8 Å². The molecule has 1 atom stereocenters. The molecule has 1 aromatic rings. The lowest BCUT2D eigenvalue weighted by Crippen LogP contribution is -2.45. The van der Waals surface area contributed by atoms with Gasteiger partial charge in [-0.25, -0.2) is 4.79 Å². The van der Waals surface area contributed by atoms with Gasteiger partial charge in [-0.2, -0.15) is 0 Å². The molecule has 1 fully saturated rings. The van der Waals surface area contributed by atoms with Gasteiger partial charge in [0, 0.05) is 26.1 Å². The van der Waals surface area contributed by atoms with Crippen LogP contribution in [0.5, 0.6) is 0 Å². The number of nitrogens with zero attached hydrogens (tertiary/aromatic N) is 4. The minimum absolute atomic E-state index is 0.00338. The fourth-order valence-corrected chi connectivity index (χ4v) is 3.31. The van der Waals surface area contributed by atoms with Crippen LogP contribution >= 0.6 is 0 Å². The summed E-state index contributed by atoms with van der Waals surface area (Å²) in [6.07, 6.45) is 5.05. The van der Waals surface area contributed by atoms with Gasteiger partial charge in [0.25, 0.3) is 0 Å². The highest BCUT2D eigenvalue weighted by Gasteiger charge is 2.33. The minimum Gasteiger partial charge on any atom is -0.341 e. The number of carbonyl (C=O) groups excluding carboxylic acids is 1. The summed E-state index contributed by atoms with van der Waals surface area (Å²) in [7, 11) is 1.67. The molecule has 0 saturated heterocycles. The smallest absolute Gasteiger partial charge is 0.317 e. The summed E-state index contributed by atoms with van der Waals surface area (Å²) < 4.78 is 2.24. The number of hydrogen-bond donors (Lipinski definition) is 1. The third kappa shape index (κ3) is 1.99. The van der Waals surface area contributed by atoms with E-state index >= 15 is 0 Å². The second-order valence-corrected chi connectivity index (χ2v) is 5.47. The number of amides is 2. The molecule has 2 heterocycles. The molecule has 1 N–H and O–H groups in total. The molecule has 0 bridgehead atoms.